The first-order valence-electron chi connectivity index (χ1n) is 8.45. The molecule has 0 saturated carbocycles. The largest absolute Gasteiger partial charge is 0.378 e. The van der Waals surface area contributed by atoms with Gasteiger partial charge in [0.1, 0.15) is 5.82 Å². The highest BCUT2D eigenvalue weighted by atomic mass is 19.1. The van der Waals surface area contributed by atoms with Gasteiger partial charge in [-0.1, -0.05) is 12.1 Å². The Kier molecular flexibility index (Phi) is 3.91. The molecule has 132 valence electrons. The number of anilines is 1. The van der Waals surface area contributed by atoms with E-state index in [0.29, 0.717) is 30.1 Å². The van der Waals surface area contributed by atoms with Gasteiger partial charge in [-0.05, 0) is 49.7 Å². The van der Waals surface area contributed by atoms with Gasteiger partial charge in [0, 0.05) is 12.2 Å². The molecule has 0 aliphatic carbocycles. The molecule has 26 heavy (non-hydrogen) atoms. The van der Waals surface area contributed by atoms with Crippen LogP contribution < -0.4 is 10.9 Å². The highest BCUT2D eigenvalue weighted by Crippen LogP contribution is 2.18. The molecule has 0 aliphatic heterocycles. The molecule has 2 aromatic heterocycles. The molecular formula is C19H18FN5O. The molecule has 6 nitrogen and oxygen atoms in total. The van der Waals surface area contributed by atoms with Gasteiger partial charge in [0.2, 0.25) is 5.78 Å². The van der Waals surface area contributed by atoms with E-state index in [0.717, 1.165) is 16.8 Å². The zero-order valence-corrected chi connectivity index (χ0v) is 14.5. The van der Waals surface area contributed by atoms with Gasteiger partial charge in [0.25, 0.3) is 5.56 Å². The van der Waals surface area contributed by atoms with Gasteiger partial charge >= 0.3 is 0 Å². The molecule has 0 aliphatic rings. The Balaban J connectivity index is 1.84. The molecule has 0 radical (unpaired) electrons. The van der Waals surface area contributed by atoms with E-state index in [4.69, 9.17) is 0 Å². The number of aryl methyl sites for hydroxylation is 2. The first kappa shape index (κ1) is 16.3. The summed E-state index contributed by atoms with van der Waals surface area (Å²) in [5.74, 6) is 0.935. The van der Waals surface area contributed by atoms with Crippen molar-refractivity contribution in [1.29, 1.82) is 0 Å². The van der Waals surface area contributed by atoms with Crippen LogP contribution in [0, 0.1) is 12.7 Å². The van der Waals surface area contributed by atoms with E-state index in [1.54, 1.807) is 10.6 Å². The van der Waals surface area contributed by atoms with Gasteiger partial charge in [-0.2, -0.15) is 0 Å². The lowest BCUT2D eigenvalue weighted by molar-refractivity contribution is 0.627. The van der Waals surface area contributed by atoms with Crippen molar-refractivity contribution in [3.05, 3.63) is 70.0 Å². The molecule has 7 heteroatoms. The van der Waals surface area contributed by atoms with Gasteiger partial charge in [0.15, 0.2) is 5.82 Å². The Hall–Kier alpha value is -3.22. The number of halogens is 1. The Morgan fingerprint density at radius 3 is 2.73 bits per heavy atom. The van der Waals surface area contributed by atoms with Gasteiger partial charge in [0.05, 0.1) is 17.4 Å². The van der Waals surface area contributed by atoms with Crippen LogP contribution in [-0.4, -0.2) is 19.2 Å². The number of nitrogens with zero attached hydrogens (tertiary/aromatic N) is 4. The molecule has 0 unspecified atom stereocenters. The second kappa shape index (κ2) is 6.25. The molecule has 0 spiro atoms. The molecule has 0 atom stereocenters. The summed E-state index contributed by atoms with van der Waals surface area (Å²) < 4.78 is 16.8. The van der Waals surface area contributed by atoms with Crippen LogP contribution in [0.4, 0.5) is 10.1 Å². The SMILES string of the molecule is CCn1c(=O)c2ccccc2n2c(CNc3ccc(F)cc3C)nnc12. The summed E-state index contributed by atoms with van der Waals surface area (Å²) >= 11 is 0. The summed E-state index contributed by atoms with van der Waals surface area (Å²) in [6.07, 6.45) is 0. The van der Waals surface area contributed by atoms with Gasteiger partial charge in [-0.15, -0.1) is 10.2 Å². The van der Waals surface area contributed by atoms with E-state index in [9.17, 15) is 9.18 Å². The van der Waals surface area contributed by atoms with Crippen LogP contribution in [0.25, 0.3) is 16.7 Å². The molecule has 0 saturated heterocycles. The number of rotatable bonds is 4. The van der Waals surface area contributed by atoms with Crippen LogP contribution in [0.15, 0.2) is 47.3 Å². The molecule has 0 amide bonds. The van der Waals surface area contributed by atoms with Crippen molar-refractivity contribution in [1.82, 2.24) is 19.2 Å². The Bertz CT molecular complexity index is 1180. The molecule has 2 heterocycles. The molecule has 4 rings (SSSR count). The standard InChI is InChI=1S/C19H18FN5O/c1-3-24-18(26)14-6-4-5-7-16(14)25-17(22-23-19(24)25)11-21-15-9-8-13(20)10-12(15)2/h4-10,21H,3,11H2,1-2H3. The Morgan fingerprint density at radius 2 is 1.96 bits per heavy atom. The first-order chi connectivity index (χ1) is 12.6. The third kappa shape index (κ3) is 2.52. The Morgan fingerprint density at radius 1 is 1.15 bits per heavy atom. The van der Waals surface area contributed by atoms with Crippen molar-refractivity contribution in [3.8, 4) is 0 Å². The lowest BCUT2D eigenvalue weighted by Gasteiger charge is -2.11. The normalized spacial score (nSPS) is 11.3. The molecule has 2 aromatic carbocycles. The van der Waals surface area contributed by atoms with Crippen LogP contribution >= 0.6 is 0 Å². The number of hydrogen-bond acceptors (Lipinski definition) is 4. The number of para-hydroxylation sites is 1. The van der Waals surface area contributed by atoms with Crippen LogP contribution in [0.1, 0.15) is 18.3 Å². The minimum atomic E-state index is -0.265. The average molecular weight is 351 g/mol. The lowest BCUT2D eigenvalue weighted by Crippen LogP contribution is -2.23. The van der Waals surface area contributed by atoms with Crippen LogP contribution in [0.5, 0.6) is 0 Å². The smallest absolute Gasteiger partial charge is 0.262 e. The summed E-state index contributed by atoms with van der Waals surface area (Å²) in [5.41, 5.74) is 2.34. The second-order valence-electron chi connectivity index (χ2n) is 6.13. The minimum absolute atomic E-state index is 0.0723. The number of aromatic nitrogens is 4. The average Bonchev–Trinajstić information content (AvgIpc) is 3.05. The lowest BCUT2D eigenvalue weighted by atomic mass is 10.2. The number of hydrogen-bond donors (Lipinski definition) is 1. The maximum atomic E-state index is 13.3. The van der Waals surface area contributed by atoms with Gasteiger partial charge in [-0.25, -0.2) is 4.39 Å². The number of nitrogens with one attached hydrogen (secondary N) is 1. The summed E-state index contributed by atoms with van der Waals surface area (Å²) in [5, 5.41) is 12.4. The van der Waals surface area contributed by atoms with E-state index in [1.165, 1.54) is 12.1 Å². The first-order valence-corrected chi connectivity index (χ1v) is 8.45. The van der Waals surface area contributed by atoms with E-state index in [-0.39, 0.29) is 11.4 Å². The van der Waals surface area contributed by atoms with Crippen LogP contribution in [-0.2, 0) is 13.1 Å². The van der Waals surface area contributed by atoms with E-state index < -0.39 is 0 Å². The topological polar surface area (TPSA) is 64.2 Å². The second-order valence-corrected chi connectivity index (χ2v) is 6.13. The third-order valence-electron chi connectivity index (χ3n) is 4.52. The van der Waals surface area contributed by atoms with Crippen molar-refractivity contribution in [2.24, 2.45) is 0 Å². The predicted octanol–water partition coefficient (Wildman–Crippen LogP) is 3.12. The van der Waals surface area contributed by atoms with E-state index >= 15 is 0 Å². The molecular weight excluding hydrogens is 333 g/mol. The summed E-state index contributed by atoms with van der Waals surface area (Å²) in [6, 6.07) is 12.0. The van der Waals surface area contributed by atoms with Crippen LogP contribution in [0.2, 0.25) is 0 Å². The van der Waals surface area contributed by atoms with E-state index in [1.807, 2.05) is 42.5 Å². The highest BCUT2D eigenvalue weighted by Gasteiger charge is 2.15. The van der Waals surface area contributed by atoms with Gasteiger partial charge in [-0.3, -0.25) is 13.8 Å². The van der Waals surface area contributed by atoms with Crippen LogP contribution in [0.3, 0.4) is 0 Å². The molecule has 4 aromatic rings. The van der Waals surface area contributed by atoms with Crippen molar-refractivity contribution < 1.29 is 4.39 Å². The quantitative estimate of drug-likeness (QED) is 0.614. The van der Waals surface area contributed by atoms with E-state index in [2.05, 4.69) is 15.5 Å². The fourth-order valence-electron chi connectivity index (χ4n) is 3.21. The predicted molar refractivity (Wildman–Crippen MR) is 98.9 cm³/mol. The third-order valence-corrected chi connectivity index (χ3v) is 4.52. The summed E-state index contributed by atoms with van der Waals surface area (Å²) in [4.78, 5) is 12.7. The summed E-state index contributed by atoms with van der Waals surface area (Å²) in [7, 11) is 0. The zero-order valence-electron chi connectivity index (χ0n) is 14.5. The monoisotopic (exact) mass is 351 g/mol. The van der Waals surface area contributed by atoms with Crippen molar-refractivity contribution in [2.75, 3.05) is 5.32 Å². The zero-order chi connectivity index (χ0) is 18.3. The Labute approximate surface area is 148 Å². The maximum absolute atomic E-state index is 13.3. The van der Waals surface area contributed by atoms with Gasteiger partial charge < -0.3 is 5.32 Å². The number of benzene rings is 2. The molecule has 0 bridgehead atoms. The van der Waals surface area contributed by atoms with Crippen molar-refractivity contribution in [3.63, 3.8) is 0 Å². The fourth-order valence-corrected chi connectivity index (χ4v) is 3.21. The minimum Gasteiger partial charge on any atom is -0.378 e. The molecule has 0 fully saturated rings. The van der Waals surface area contributed by atoms with Crippen molar-refractivity contribution in [2.45, 2.75) is 26.9 Å². The maximum Gasteiger partial charge on any atom is 0.262 e. The molecule has 1 N–H and O–H groups in total. The highest BCUT2D eigenvalue weighted by molar-refractivity contribution is 5.80. The van der Waals surface area contributed by atoms with Crippen molar-refractivity contribution >= 4 is 22.4 Å². The fraction of sp³-hybridized carbons (Fsp3) is 0.211. The summed E-state index contributed by atoms with van der Waals surface area (Å²) in [6.45, 7) is 4.66. The number of fused-ring (bicyclic) bond motifs is 3.